The van der Waals surface area contributed by atoms with Crippen molar-refractivity contribution in [3.8, 4) is 0 Å². The molecule has 0 saturated carbocycles. The SMILES string of the molecule is Cc1cc(C)cc(NCc2cc(F)ccc2Cl)c1. The van der Waals surface area contributed by atoms with Crippen LogP contribution in [0.5, 0.6) is 0 Å². The Morgan fingerprint density at radius 2 is 1.72 bits per heavy atom. The Balaban J connectivity index is 2.13. The molecule has 0 aliphatic heterocycles. The van der Waals surface area contributed by atoms with Gasteiger partial charge in [-0.15, -0.1) is 0 Å². The van der Waals surface area contributed by atoms with Crippen LogP contribution in [0.15, 0.2) is 36.4 Å². The molecule has 0 heterocycles. The van der Waals surface area contributed by atoms with E-state index >= 15 is 0 Å². The molecule has 2 aromatic carbocycles. The number of aryl methyl sites for hydroxylation is 2. The van der Waals surface area contributed by atoms with Gasteiger partial charge < -0.3 is 5.32 Å². The smallest absolute Gasteiger partial charge is 0.123 e. The maximum absolute atomic E-state index is 13.1. The molecule has 0 fully saturated rings. The van der Waals surface area contributed by atoms with Gasteiger partial charge in [0, 0.05) is 17.3 Å². The molecule has 2 rings (SSSR count). The molecule has 0 radical (unpaired) electrons. The molecule has 0 unspecified atom stereocenters. The van der Waals surface area contributed by atoms with E-state index in [0.717, 1.165) is 11.3 Å². The molecule has 0 aromatic heterocycles. The minimum Gasteiger partial charge on any atom is -0.381 e. The molecule has 1 nitrogen and oxygen atoms in total. The number of anilines is 1. The lowest BCUT2D eigenvalue weighted by Gasteiger charge is -2.10. The number of benzene rings is 2. The second-order valence-corrected chi connectivity index (χ2v) is 4.87. The summed E-state index contributed by atoms with van der Waals surface area (Å²) in [6.07, 6.45) is 0. The van der Waals surface area contributed by atoms with Gasteiger partial charge in [0.2, 0.25) is 0 Å². The van der Waals surface area contributed by atoms with E-state index < -0.39 is 0 Å². The molecule has 0 aliphatic rings. The lowest BCUT2D eigenvalue weighted by atomic mass is 10.1. The average molecular weight is 264 g/mol. The summed E-state index contributed by atoms with van der Waals surface area (Å²) >= 11 is 6.02. The summed E-state index contributed by atoms with van der Waals surface area (Å²) in [5.74, 6) is -0.267. The normalized spacial score (nSPS) is 10.4. The van der Waals surface area contributed by atoms with Crippen LogP contribution in [0.1, 0.15) is 16.7 Å². The third-order valence-corrected chi connectivity index (χ3v) is 3.08. The topological polar surface area (TPSA) is 12.0 Å². The first-order valence-electron chi connectivity index (χ1n) is 5.81. The summed E-state index contributed by atoms with van der Waals surface area (Å²) in [7, 11) is 0. The summed E-state index contributed by atoms with van der Waals surface area (Å²) in [4.78, 5) is 0. The van der Waals surface area contributed by atoms with Gasteiger partial charge in [0.05, 0.1) is 0 Å². The number of rotatable bonds is 3. The van der Waals surface area contributed by atoms with Gasteiger partial charge in [-0.2, -0.15) is 0 Å². The molecule has 18 heavy (non-hydrogen) atoms. The molecule has 0 saturated heterocycles. The Hall–Kier alpha value is -1.54. The van der Waals surface area contributed by atoms with Gasteiger partial charge in [0.15, 0.2) is 0 Å². The van der Waals surface area contributed by atoms with Crippen molar-refractivity contribution in [2.45, 2.75) is 20.4 Å². The van der Waals surface area contributed by atoms with E-state index in [4.69, 9.17) is 11.6 Å². The number of hydrogen-bond acceptors (Lipinski definition) is 1. The first-order valence-corrected chi connectivity index (χ1v) is 6.18. The quantitative estimate of drug-likeness (QED) is 0.846. The molecule has 94 valence electrons. The van der Waals surface area contributed by atoms with Gasteiger partial charge in [-0.05, 0) is 60.9 Å². The average Bonchev–Trinajstić information content (AvgIpc) is 2.29. The summed E-state index contributed by atoms with van der Waals surface area (Å²) < 4.78 is 13.1. The number of halogens is 2. The number of nitrogens with one attached hydrogen (secondary N) is 1. The van der Waals surface area contributed by atoms with Crippen LogP contribution < -0.4 is 5.32 Å². The van der Waals surface area contributed by atoms with Crippen LogP contribution in [0.4, 0.5) is 10.1 Å². The highest BCUT2D eigenvalue weighted by atomic mass is 35.5. The van der Waals surface area contributed by atoms with Gasteiger partial charge in [-0.3, -0.25) is 0 Å². The second kappa shape index (κ2) is 5.40. The van der Waals surface area contributed by atoms with E-state index in [1.165, 1.54) is 23.3 Å². The molecule has 0 spiro atoms. The van der Waals surface area contributed by atoms with E-state index in [1.807, 2.05) is 13.8 Å². The highest BCUT2D eigenvalue weighted by molar-refractivity contribution is 6.31. The van der Waals surface area contributed by atoms with E-state index in [9.17, 15) is 4.39 Å². The van der Waals surface area contributed by atoms with E-state index in [-0.39, 0.29) is 5.82 Å². The minimum absolute atomic E-state index is 0.267. The molecule has 3 heteroatoms. The largest absolute Gasteiger partial charge is 0.381 e. The third-order valence-electron chi connectivity index (χ3n) is 2.71. The monoisotopic (exact) mass is 263 g/mol. The zero-order valence-corrected chi connectivity index (χ0v) is 11.2. The molecule has 0 bridgehead atoms. The van der Waals surface area contributed by atoms with Crippen molar-refractivity contribution in [2.75, 3.05) is 5.32 Å². The van der Waals surface area contributed by atoms with Crippen molar-refractivity contribution in [3.63, 3.8) is 0 Å². The van der Waals surface area contributed by atoms with Gasteiger partial charge in [0.25, 0.3) is 0 Å². The van der Waals surface area contributed by atoms with Crippen molar-refractivity contribution in [1.82, 2.24) is 0 Å². The third kappa shape index (κ3) is 3.23. The van der Waals surface area contributed by atoms with Crippen molar-refractivity contribution < 1.29 is 4.39 Å². The fourth-order valence-electron chi connectivity index (χ4n) is 1.95. The summed E-state index contributed by atoms with van der Waals surface area (Å²) in [6, 6.07) is 10.6. The standard InChI is InChI=1S/C15H15ClFN/c1-10-5-11(2)7-14(6-10)18-9-12-8-13(17)3-4-15(12)16/h3-8,18H,9H2,1-2H3. The highest BCUT2D eigenvalue weighted by Crippen LogP contribution is 2.20. The Morgan fingerprint density at radius 1 is 1.06 bits per heavy atom. The summed E-state index contributed by atoms with van der Waals surface area (Å²) in [5.41, 5.74) is 4.18. The van der Waals surface area contributed by atoms with Crippen molar-refractivity contribution in [2.24, 2.45) is 0 Å². The Morgan fingerprint density at radius 3 is 2.39 bits per heavy atom. The van der Waals surface area contributed by atoms with Gasteiger partial charge in [0.1, 0.15) is 5.82 Å². The van der Waals surface area contributed by atoms with E-state index in [1.54, 1.807) is 6.07 Å². The van der Waals surface area contributed by atoms with Crippen LogP contribution in [0.25, 0.3) is 0 Å². The van der Waals surface area contributed by atoms with Crippen LogP contribution >= 0.6 is 11.6 Å². The van der Waals surface area contributed by atoms with Crippen molar-refractivity contribution in [1.29, 1.82) is 0 Å². The maximum atomic E-state index is 13.1. The highest BCUT2D eigenvalue weighted by Gasteiger charge is 2.02. The fraction of sp³-hybridized carbons (Fsp3) is 0.200. The number of hydrogen-bond donors (Lipinski definition) is 1. The van der Waals surface area contributed by atoms with Crippen molar-refractivity contribution in [3.05, 3.63) is 63.9 Å². The zero-order chi connectivity index (χ0) is 13.1. The van der Waals surface area contributed by atoms with Crippen molar-refractivity contribution >= 4 is 17.3 Å². The Kier molecular flexibility index (Phi) is 3.87. The summed E-state index contributed by atoms with van der Waals surface area (Å²) in [6.45, 7) is 4.61. The molecule has 2 aromatic rings. The predicted octanol–water partition coefficient (Wildman–Crippen LogP) is 4.71. The molecule has 0 amide bonds. The first-order chi connectivity index (χ1) is 8.54. The van der Waals surface area contributed by atoms with Crippen LogP contribution in [-0.2, 0) is 6.54 Å². The second-order valence-electron chi connectivity index (χ2n) is 4.47. The fourth-order valence-corrected chi connectivity index (χ4v) is 2.14. The molecule has 1 N–H and O–H groups in total. The first kappa shape index (κ1) is 12.9. The minimum atomic E-state index is -0.267. The van der Waals surface area contributed by atoms with Crippen LogP contribution in [0.2, 0.25) is 5.02 Å². The lowest BCUT2D eigenvalue weighted by Crippen LogP contribution is -2.01. The van der Waals surface area contributed by atoms with Crippen LogP contribution in [0, 0.1) is 19.7 Å². The predicted molar refractivity (Wildman–Crippen MR) is 74.7 cm³/mol. The van der Waals surface area contributed by atoms with Gasteiger partial charge in [-0.25, -0.2) is 4.39 Å². The lowest BCUT2D eigenvalue weighted by molar-refractivity contribution is 0.626. The van der Waals surface area contributed by atoms with Crippen LogP contribution in [-0.4, -0.2) is 0 Å². The maximum Gasteiger partial charge on any atom is 0.123 e. The Bertz CT molecular complexity index is 546. The van der Waals surface area contributed by atoms with E-state index in [2.05, 4.69) is 23.5 Å². The molecule has 0 aliphatic carbocycles. The molecule has 0 atom stereocenters. The van der Waals surface area contributed by atoms with Gasteiger partial charge >= 0.3 is 0 Å². The van der Waals surface area contributed by atoms with Gasteiger partial charge in [-0.1, -0.05) is 17.7 Å². The molecular weight excluding hydrogens is 249 g/mol. The summed E-state index contributed by atoms with van der Waals surface area (Å²) in [5, 5.41) is 3.84. The molecular formula is C15H15ClFN. The van der Waals surface area contributed by atoms with E-state index in [0.29, 0.717) is 11.6 Å². The Labute approximate surface area is 112 Å². The zero-order valence-electron chi connectivity index (χ0n) is 10.4. The van der Waals surface area contributed by atoms with Crippen LogP contribution in [0.3, 0.4) is 0 Å².